The third-order valence-corrected chi connectivity index (χ3v) is 3.46. The monoisotopic (exact) mass is 285 g/mol. The van der Waals surface area contributed by atoms with Crippen molar-refractivity contribution < 1.29 is 0 Å². The van der Waals surface area contributed by atoms with Crippen LogP contribution in [0.25, 0.3) is 0 Å². The van der Waals surface area contributed by atoms with Gasteiger partial charge in [0.15, 0.2) is 0 Å². The highest BCUT2D eigenvalue weighted by Crippen LogP contribution is 2.25. The Hall–Kier alpha value is -2.14. The first-order valence-electron chi connectivity index (χ1n) is 7.26. The Labute approximate surface area is 126 Å². The maximum atomic E-state index is 5.53. The number of hydrogen-bond acceptors (Lipinski definition) is 5. The molecule has 0 saturated carbocycles. The van der Waals surface area contributed by atoms with Gasteiger partial charge in [0.1, 0.15) is 17.5 Å². The lowest BCUT2D eigenvalue weighted by molar-refractivity contribution is 0.867. The van der Waals surface area contributed by atoms with Crippen molar-refractivity contribution >= 4 is 17.3 Å². The zero-order valence-corrected chi connectivity index (χ0v) is 13.1. The Bertz CT molecular complexity index is 622. The van der Waals surface area contributed by atoms with Gasteiger partial charge < -0.3 is 10.7 Å². The molecule has 0 spiro atoms. The fourth-order valence-electron chi connectivity index (χ4n) is 2.10. The van der Waals surface area contributed by atoms with Crippen LogP contribution in [0.2, 0.25) is 0 Å². The van der Waals surface area contributed by atoms with Crippen LogP contribution >= 0.6 is 0 Å². The summed E-state index contributed by atoms with van der Waals surface area (Å²) < 4.78 is 0. The zero-order valence-electron chi connectivity index (χ0n) is 13.1. The molecule has 0 aliphatic carbocycles. The fraction of sp³-hybridized carbons (Fsp3) is 0.375. The molecule has 0 unspecified atom stereocenters. The molecular weight excluding hydrogens is 262 g/mol. The SMILES string of the molecule is CCc1nc(NN)c(C)c(Nc2cccc(C(C)C)c2)n1. The molecule has 2 aromatic rings. The predicted octanol–water partition coefficient (Wildman–Crippen LogP) is 3.50. The Morgan fingerprint density at radius 1 is 1.19 bits per heavy atom. The Balaban J connectivity index is 2.36. The van der Waals surface area contributed by atoms with Crippen LogP contribution in [0.5, 0.6) is 0 Å². The summed E-state index contributed by atoms with van der Waals surface area (Å²) in [5, 5.41) is 3.37. The zero-order chi connectivity index (χ0) is 15.4. The third kappa shape index (κ3) is 3.49. The van der Waals surface area contributed by atoms with E-state index in [0.717, 1.165) is 29.3 Å². The van der Waals surface area contributed by atoms with E-state index < -0.39 is 0 Å². The van der Waals surface area contributed by atoms with E-state index in [0.29, 0.717) is 11.7 Å². The number of aromatic nitrogens is 2. The lowest BCUT2D eigenvalue weighted by atomic mass is 10.0. The Kier molecular flexibility index (Phi) is 4.75. The highest BCUT2D eigenvalue weighted by Gasteiger charge is 2.10. The number of nitrogens with zero attached hydrogens (tertiary/aromatic N) is 2. The quantitative estimate of drug-likeness (QED) is 0.579. The summed E-state index contributed by atoms with van der Waals surface area (Å²) >= 11 is 0. The van der Waals surface area contributed by atoms with Gasteiger partial charge in [0, 0.05) is 17.7 Å². The molecular formula is C16H23N5. The minimum Gasteiger partial charge on any atom is -0.340 e. The molecule has 0 saturated heterocycles. The molecule has 21 heavy (non-hydrogen) atoms. The van der Waals surface area contributed by atoms with Gasteiger partial charge in [-0.05, 0) is 30.5 Å². The van der Waals surface area contributed by atoms with E-state index in [-0.39, 0.29) is 0 Å². The van der Waals surface area contributed by atoms with Crippen molar-refractivity contribution in [1.29, 1.82) is 0 Å². The Morgan fingerprint density at radius 3 is 2.52 bits per heavy atom. The number of benzene rings is 1. The molecule has 0 radical (unpaired) electrons. The first-order valence-corrected chi connectivity index (χ1v) is 7.26. The van der Waals surface area contributed by atoms with Crippen molar-refractivity contribution in [3.05, 3.63) is 41.2 Å². The van der Waals surface area contributed by atoms with Crippen molar-refractivity contribution in [3.8, 4) is 0 Å². The second-order valence-corrected chi connectivity index (χ2v) is 5.37. The fourth-order valence-corrected chi connectivity index (χ4v) is 2.10. The minimum absolute atomic E-state index is 0.491. The van der Waals surface area contributed by atoms with Crippen molar-refractivity contribution in [2.75, 3.05) is 10.7 Å². The number of aryl methyl sites for hydroxylation is 1. The van der Waals surface area contributed by atoms with Crippen LogP contribution < -0.4 is 16.6 Å². The number of anilines is 3. The number of hydrogen-bond donors (Lipinski definition) is 3. The molecule has 1 aromatic heterocycles. The summed E-state index contributed by atoms with van der Waals surface area (Å²) in [6.45, 7) is 8.33. The summed E-state index contributed by atoms with van der Waals surface area (Å²) in [5.74, 6) is 8.23. The van der Waals surface area contributed by atoms with Gasteiger partial charge in [-0.1, -0.05) is 32.9 Å². The summed E-state index contributed by atoms with van der Waals surface area (Å²) in [6, 6.07) is 8.37. The van der Waals surface area contributed by atoms with Crippen LogP contribution in [0.15, 0.2) is 24.3 Å². The van der Waals surface area contributed by atoms with E-state index in [1.54, 1.807) is 0 Å². The van der Waals surface area contributed by atoms with Crippen LogP contribution in [0, 0.1) is 6.92 Å². The largest absolute Gasteiger partial charge is 0.340 e. The van der Waals surface area contributed by atoms with Crippen molar-refractivity contribution in [3.63, 3.8) is 0 Å². The molecule has 0 aliphatic heterocycles. The van der Waals surface area contributed by atoms with E-state index in [1.165, 1.54) is 5.56 Å². The molecule has 5 nitrogen and oxygen atoms in total. The third-order valence-electron chi connectivity index (χ3n) is 3.46. The molecule has 0 fully saturated rings. The van der Waals surface area contributed by atoms with Gasteiger partial charge in [0.05, 0.1) is 0 Å². The van der Waals surface area contributed by atoms with E-state index >= 15 is 0 Å². The van der Waals surface area contributed by atoms with Crippen LogP contribution in [0.1, 0.15) is 43.6 Å². The molecule has 0 aliphatic rings. The summed E-state index contributed by atoms with van der Waals surface area (Å²) in [7, 11) is 0. The molecule has 1 aromatic carbocycles. The summed E-state index contributed by atoms with van der Waals surface area (Å²) in [4.78, 5) is 8.92. The van der Waals surface area contributed by atoms with Gasteiger partial charge in [-0.2, -0.15) is 0 Å². The number of nitrogens with two attached hydrogens (primary N) is 1. The first-order chi connectivity index (χ1) is 10.0. The molecule has 4 N–H and O–H groups in total. The molecule has 2 rings (SSSR count). The standard InChI is InChI=1S/C16H23N5/c1-5-14-19-15(11(4)16(20-14)21-17)18-13-8-6-7-12(9-13)10(2)3/h6-10H,5,17H2,1-4H3,(H2,18,19,20,21). The summed E-state index contributed by atoms with van der Waals surface area (Å²) in [6.07, 6.45) is 0.760. The topological polar surface area (TPSA) is 75.9 Å². The highest BCUT2D eigenvalue weighted by molar-refractivity contribution is 5.65. The molecule has 5 heteroatoms. The van der Waals surface area contributed by atoms with Gasteiger partial charge in [0.2, 0.25) is 0 Å². The van der Waals surface area contributed by atoms with Crippen LogP contribution in [-0.4, -0.2) is 9.97 Å². The molecule has 1 heterocycles. The normalized spacial score (nSPS) is 10.8. The number of nitrogens with one attached hydrogen (secondary N) is 2. The average Bonchev–Trinajstić information content (AvgIpc) is 2.49. The minimum atomic E-state index is 0.491. The maximum Gasteiger partial charge on any atom is 0.148 e. The van der Waals surface area contributed by atoms with E-state index in [2.05, 4.69) is 52.8 Å². The first kappa shape index (κ1) is 15.3. The molecule has 112 valence electrons. The number of hydrazine groups is 1. The average molecular weight is 285 g/mol. The molecule has 0 amide bonds. The highest BCUT2D eigenvalue weighted by atomic mass is 15.3. The maximum absolute atomic E-state index is 5.53. The van der Waals surface area contributed by atoms with E-state index in [4.69, 9.17) is 5.84 Å². The van der Waals surface area contributed by atoms with Gasteiger partial charge in [0.25, 0.3) is 0 Å². The lowest BCUT2D eigenvalue weighted by Gasteiger charge is -2.14. The summed E-state index contributed by atoms with van der Waals surface area (Å²) in [5.41, 5.74) is 5.85. The van der Waals surface area contributed by atoms with Gasteiger partial charge in [-0.25, -0.2) is 15.8 Å². The van der Waals surface area contributed by atoms with Crippen LogP contribution in [0.3, 0.4) is 0 Å². The smallest absolute Gasteiger partial charge is 0.148 e. The van der Waals surface area contributed by atoms with Crippen molar-refractivity contribution in [2.24, 2.45) is 5.84 Å². The van der Waals surface area contributed by atoms with Gasteiger partial charge in [-0.15, -0.1) is 0 Å². The second kappa shape index (κ2) is 6.54. The van der Waals surface area contributed by atoms with E-state index in [9.17, 15) is 0 Å². The van der Waals surface area contributed by atoms with Gasteiger partial charge in [-0.3, -0.25) is 0 Å². The van der Waals surface area contributed by atoms with Crippen LogP contribution in [-0.2, 0) is 6.42 Å². The molecule has 0 atom stereocenters. The number of nitrogen functional groups attached to an aromatic ring is 1. The van der Waals surface area contributed by atoms with Gasteiger partial charge >= 0.3 is 0 Å². The van der Waals surface area contributed by atoms with E-state index in [1.807, 2.05) is 19.9 Å². The number of rotatable bonds is 5. The van der Waals surface area contributed by atoms with Crippen molar-refractivity contribution in [1.82, 2.24) is 9.97 Å². The Morgan fingerprint density at radius 2 is 1.90 bits per heavy atom. The van der Waals surface area contributed by atoms with Crippen LogP contribution in [0.4, 0.5) is 17.3 Å². The van der Waals surface area contributed by atoms with Crippen molar-refractivity contribution in [2.45, 2.75) is 40.0 Å². The second-order valence-electron chi connectivity index (χ2n) is 5.37. The predicted molar refractivity (Wildman–Crippen MR) is 87.8 cm³/mol. The lowest BCUT2D eigenvalue weighted by Crippen LogP contribution is -2.13. The molecule has 0 bridgehead atoms.